The van der Waals surface area contributed by atoms with Gasteiger partial charge in [-0.2, -0.15) is 0 Å². The number of nitrogens with one attached hydrogen (secondary N) is 3. The third-order valence-electron chi connectivity index (χ3n) is 3.98. The van der Waals surface area contributed by atoms with Crippen molar-refractivity contribution >= 4 is 11.8 Å². The van der Waals surface area contributed by atoms with Gasteiger partial charge in [0, 0.05) is 13.0 Å². The summed E-state index contributed by atoms with van der Waals surface area (Å²) < 4.78 is 0. The number of amides is 2. The molecule has 0 radical (unpaired) electrons. The Bertz CT molecular complexity index is 507. The second-order valence-electron chi connectivity index (χ2n) is 6.04. The molecule has 6 nitrogen and oxygen atoms in total. The van der Waals surface area contributed by atoms with Gasteiger partial charge < -0.3 is 21.7 Å². The summed E-state index contributed by atoms with van der Waals surface area (Å²) in [6, 6.07) is 8.83. The number of nitrogens with two attached hydrogens (primary N) is 1. The fraction of sp³-hybridized carbons (Fsp3) is 0.579. The lowest BCUT2D eigenvalue weighted by molar-refractivity contribution is -0.130. The van der Waals surface area contributed by atoms with Crippen molar-refractivity contribution in [3.05, 3.63) is 35.9 Å². The maximum atomic E-state index is 12.7. The van der Waals surface area contributed by atoms with E-state index in [2.05, 4.69) is 16.0 Å². The van der Waals surface area contributed by atoms with Crippen LogP contribution in [0.5, 0.6) is 0 Å². The molecule has 2 unspecified atom stereocenters. The number of hydrogen-bond acceptors (Lipinski definition) is 4. The normalized spacial score (nSPS) is 13.1. The highest BCUT2D eigenvalue weighted by molar-refractivity contribution is 5.90. The van der Waals surface area contributed by atoms with Crippen LogP contribution in [0, 0.1) is 0 Å². The second-order valence-corrected chi connectivity index (χ2v) is 6.04. The summed E-state index contributed by atoms with van der Waals surface area (Å²) in [5, 5.41) is 8.92. The largest absolute Gasteiger partial charge is 0.355 e. The molecule has 0 bridgehead atoms. The lowest BCUT2D eigenvalue weighted by atomic mass is 10.0. The summed E-state index contributed by atoms with van der Waals surface area (Å²) in [6.45, 7) is 5.69. The van der Waals surface area contributed by atoms with Crippen molar-refractivity contribution in [2.45, 2.75) is 51.6 Å². The smallest absolute Gasteiger partial charge is 0.242 e. The summed E-state index contributed by atoms with van der Waals surface area (Å²) in [4.78, 5) is 25.0. The number of benzene rings is 1. The minimum Gasteiger partial charge on any atom is -0.355 e. The van der Waals surface area contributed by atoms with E-state index in [0.717, 1.165) is 18.4 Å². The van der Waals surface area contributed by atoms with Crippen LogP contribution >= 0.6 is 0 Å². The highest BCUT2D eigenvalue weighted by Gasteiger charge is 2.24. The molecule has 0 heterocycles. The average molecular weight is 348 g/mol. The monoisotopic (exact) mass is 348 g/mol. The van der Waals surface area contributed by atoms with E-state index in [1.165, 1.54) is 0 Å². The molecule has 0 fully saturated rings. The van der Waals surface area contributed by atoms with Crippen LogP contribution in [0.2, 0.25) is 0 Å². The Morgan fingerprint density at radius 2 is 1.72 bits per heavy atom. The third-order valence-corrected chi connectivity index (χ3v) is 3.98. The Morgan fingerprint density at radius 1 is 1.00 bits per heavy atom. The molecular weight excluding hydrogens is 316 g/mol. The van der Waals surface area contributed by atoms with E-state index < -0.39 is 6.04 Å². The number of unbranched alkanes of at least 4 members (excludes halogenated alkanes) is 1. The van der Waals surface area contributed by atoms with Gasteiger partial charge in [-0.3, -0.25) is 9.59 Å². The fourth-order valence-electron chi connectivity index (χ4n) is 2.69. The van der Waals surface area contributed by atoms with Gasteiger partial charge in [-0.05, 0) is 38.4 Å². The summed E-state index contributed by atoms with van der Waals surface area (Å²) in [5.41, 5.74) is 6.55. The second kappa shape index (κ2) is 12.4. The van der Waals surface area contributed by atoms with Gasteiger partial charge in [0.15, 0.2) is 0 Å². The number of hydrogen-bond donors (Lipinski definition) is 4. The van der Waals surface area contributed by atoms with Gasteiger partial charge in [0.2, 0.25) is 11.8 Å². The number of rotatable bonds is 12. The molecule has 0 saturated heterocycles. The summed E-state index contributed by atoms with van der Waals surface area (Å²) >= 11 is 0. The molecule has 2 amide bonds. The lowest BCUT2D eigenvalue weighted by Gasteiger charge is -2.23. The summed E-state index contributed by atoms with van der Waals surface area (Å²) in [6.07, 6.45) is 2.95. The molecule has 2 atom stereocenters. The molecule has 0 aliphatic heterocycles. The van der Waals surface area contributed by atoms with Crippen molar-refractivity contribution in [2.75, 3.05) is 19.6 Å². The van der Waals surface area contributed by atoms with Crippen molar-refractivity contribution in [1.29, 1.82) is 0 Å². The van der Waals surface area contributed by atoms with Crippen LogP contribution in [0.1, 0.15) is 38.7 Å². The zero-order valence-electron chi connectivity index (χ0n) is 15.4. The average Bonchev–Trinajstić information content (AvgIpc) is 2.61. The molecular formula is C19H32N4O2. The van der Waals surface area contributed by atoms with Crippen LogP contribution in [0.25, 0.3) is 0 Å². The Morgan fingerprint density at radius 3 is 2.32 bits per heavy atom. The minimum atomic E-state index is -0.578. The number of likely N-dealkylation sites (N-methyl/N-ethyl adjacent to an activating group) is 2. The predicted octanol–water partition coefficient (Wildman–Crippen LogP) is 0.957. The maximum Gasteiger partial charge on any atom is 0.242 e. The number of carbonyl (C=O) groups is 2. The zero-order chi connectivity index (χ0) is 18.5. The molecule has 5 N–H and O–H groups in total. The Kier molecular flexibility index (Phi) is 10.5. The highest BCUT2D eigenvalue weighted by Crippen LogP contribution is 2.06. The SMILES string of the molecule is CCNC(=O)C(Cc1ccccc1)NC(=O)C(CCCCN)NCC. The molecule has 0 spiro atoms. The lowest BCUT2D eigenvalue weighted by Crippen LogP contribution is -2.53. The first-order valence-corrected chi connectivity index (χ1v) is 9.17. The van der Waals surface area contributed by atoms with E-state index in [0.29, 0.717) is 32.5 Å². The van der Waals surface area contributed by atoms with E-state index >= 15 is 0 Å². The molecule has 0 aliphatic carbocycles. The maximum absolute atomic E-state index is 12.7. The van der Waals surface area contributed by atoms with Gasteiger partial charge in [0.25, 0.3) is 0 Å². The van der Waals surface area contributed by atoms with Gasteiger partial charge in [-0.15, -0.1) is 0 Å². The van der Waals surface area contributed by atoms with Crippen molar-refractivity contribution in [2.24, 2.45) is 5.73 Å². The summed E-state index contributed by atoms with van der Waals surface area (Å²) in [5.74, 6) is -0.289. The van der Waals surface area contributed by atoms with Crippen molar-refractivity contribution in [1.82, 2.24) is 16.0 Å². The van der Waals surface area contributed by atoms with Gasteiger partial charge in [0.1, 0.15) is 6.04 Å². The molecule has 1 aromatic rings. The first-order valence-electron chi connectivity index (χ1n) is 9.17. The third kappa shape index (κ3) is 8.14. The molecule has 1 rings (SSSR count). The zero-order valence-corrected chi connectivity index (χ0v) is 15.4. The van der Waals surface area contributed by atoms with Gasteiger partial charge in [-0.25, -0.2) is 0 Å². The van der Waals surface area contributed by atoms with Crippen molar-refractivity contribution < 1.29 is 9.59 Å². The first kappa shape index (κ1) is 21.1. The standard InChI is InChI=1S/C19H32N4O2/c1-3-21-16(12-8-9-13-20)19(25)23-17(18(24)22-4-2)14-15-10-6-5-7-11-15/h5-7,10-11,16-17,21H,3-4,8-9,12-14,20H2,1-2H3,(H,22,24)(H,23,25). The molecule has 140 valence electrons. The van der Waals surface area contributed by atoms with Gasteiger partial charge in [-0.1, -0.05) is 43.7 Å². The van der Waals surface area contributed by atoms with Crippen molar-refractivity contribution in [3.8, 4) is 0 Å². The molecule has 0 saturated carbocycles. The van der Waals surface area contributed by atoms with Crippen LogP contribution in [-0.4, -0.2) is 43.5 Å². The Balaban J connectivity index is 2.75. The van der Waals surface area contributed by atoms with Crippen LogP contribution in [0.4, 0.5) is 0 Å². The van der Waals surface area contributed by atoms with Gasteiger partial charge in [0.05, 0.1) is 6.04 Å². The Hall–Kier alpha value is -1.92. The number of carbonyl (C=O) groups excluding carboxylic acids is 2. The predicted molar refractivity (Wildman–Crippen MR) is 101 cm³/mol. The van der Waals surface area contributed by atoms with Gasteiger partial charge >= 0.3 is 0 Å². The fourth-order valence-corrected chi connectivity index (χ4v) is 2.69. The molecule has 1 aromatic carbocycles. The molecule has 0 aliphatic rings. The van der Waals surface area contributed by atoms with E-state index in [-0.39, 0.29) is 17.9 Å². The first-order chi connectivity index (χ1) is 12.1. The van der Waals surface area contributed by atoms with E-state index in [9.17, 15) is 9.59 Å². The van der Waals surface area contributed by atoms with Crippen LogP contribution in [0.15, 0.2) is 30.3 Å². The van der Waals surface area contributed by atoms with E-state index in [4.69, 9.17) is 5.73 Å². The quantitative estimate of drug-likeness (QED) is 0.423. The molecule has 0 aromatic heterocycles. The van der Waals surface area contributed by atoms with Crippen LogP contribution < -0.4 is 21.7 Å². The summed E-state index contributed by atoms with van der Waals surface area (Å²) in [7, 11) is 0. The van der Waals surface area contributed by atoms with Crippen molar-refractivity contribution in [3.63, 3.8) is 0 Å². The topological polar surface area (TPSA) is 96.2 Å². The van der Waals surface area contributed by atoms with E-state index in [1.54, 1.807) is 0 Å². The van der Waals surface area contributed by atoms with Crippen LogP contribution in [-0.2, 0) is 16.0 Å². The van der Waals surface area contributed by atoms with E-state index in [1.807, 2.05) is 44.2 Å². The highest BCUT2D eigenvalue weighted by atomic mass is 16.2. The molecule has 25 heavy (non-hydrogen) atoms. The van der Waals surface area contributed by atoms with Crippen LogP contribution in [0.3, 0.4) is 0 Å². The molecule has 6 heteroatoms. The minimum absolute atomic E-state index is 0.133. The Labute approximate surface area is 150 Å².